The Kier molecular flexibility index (Phi) is 2.44. The summed E-state index contributed by atoms with van der Waals surface area (Å²) in [4.78, 5) is 11.9. The molecule has 0 aromatic heterocycles. The van der Waals surface area contributed by atoms with Gasteiger partial charge in [-0.2, -0.15) is 0 Å². The van der Waals surface area contributed by atoms with Gasteiger partial charge in [0.05, 0.1) is 12.5 Å². The number of rotatable bonds is 2. The van der Waals surface area contributed by atoms with Crippen LogP contribution >= 0.6 is 0 Å². The smallest absolute Gasteiger partial charge is 0.316 e. The summed E-state index contributed by atoms with van der Waals surface area (Å²) in [6.07, 6.45) is 1.80. The van der Waals surface area contributed by atoms with Crippen molar-refractivity contribution in [2.24, 2.45) is 0 Å². The highest BCUT2D eigenvalue weighted by Gasteiger charge is 2.52. The molecule has 1 saturated carbocycles. The fourth-order valence-electron chi connectivity index (χ4n) is 2.59. The minimum absolute atomic E-state index is 0.103. The van der Waals surface area contributed by atoms with Gasteiger partial charge in [0.25, 0.3) is 0 Å². The third kappa shape index (κ3) is 1.62. The SMILES string of the molecule is Bc1ccc2cc(C3(C(=O)OC)CC3)ccc2c1. The van der Waals surface area contributed by atoms with Gasteiger partial charge in [0, 0.05) is 0 Å². The number of carbonyl (C=O) groups is 1. The lowest BCUT2D eigenvalue weighted by atomic mass is 9.90. The molecule has 1 aliphatic rings. The maximum Gasteiger partial charge on any atom is 0.316 e. The van der Waals surface area contributed by atoms with Crippen molar-refractivity contribution < 1.29 is 9.53 Å². The number of ether oxygens (including phenoxy) is 1. The van der Waals surface area contributed by atoms with Crippen molar-refractivity contribution in [3.63, 3.8) is 0 Å². The summed E-state index contributed by atoms with van der Waals surface area (Å²) >= 11 is 0. The Balaban J connectivity index is 2.09. The van der Waals surface area contributed by atoms with Crippen molar-refractivity contribution in [2.45, 2.75) is 18.3 Å². The van der Waals surface area contributed by atoms with Gasteiger partial charge in [-0.25, -0.2) is 0 Å². The van der Waals surface area contributed by atoms with E-state index in [4.69, 9.17) is 4.74 Å². The number of hydrogen-bond donors (Lipinski definition) is 0. The van der Waals surface area contributed by atoms with Gasteiger partial charge in [0.15, 0.2) is 0 Å². The molecule has 0 amide bonds. The predicted octanol–water partition coefficient (Wildman–Crippen LogP) is 1.30. The summed E-state index contributed by atoms with van der Waals surface area (Å²) in [6, 6.07) is 12.7. The molecule has 2 aromatic carbocycles. The zero-order chi connectivity index (χ0) is 12.8. The Hall–Kier alpha value is -1.77. The average molecular weight is 238 g/mol. The highest BCUT2D eigenvalue weighted by atomic mass is 16.5. The summed E-state index contributed by atoms with van der Waals surface area (Å²) in [6.45, 7) is 0. The van der Waals surface area contributed by atoms with Crippen molar-refractivity contribution >= 4 is 30.1 Å². The maximum atomic E-state index is 11.9. The van der Waals surface area contributed by atoms with E-state index in [2.05, 4.69) is 44.2 Å². The van der Waals surface area contributed by atoms with Crippen LogP contribution in [0, 0.1) is 0 Å². The van der Waals surface area contributed by atoms with Gasteiger partial charge in [-0.05, 0) is 29.2 Å². The van der Waals surface area contributed by atoms with Crippen molar-refractivity contribution in [3.05, 3.63) is 42.0 Å². The largest absolute Gasteiger partial charge is 0.468 e. The van der Waals surface area contributed by atoms with E-state index in [0.717, 1.165) is 18.4 Å². The first-order chi connectivity index (χ1) is 8.65. The second-order valence-electron chi connectivity index (χ2n) is 5.14. The van der Waals surface area contributed by atoms with E-state index >= 15 is 0 Å². The van der Waals surface area contributed by atoms with E-state index in [-0.39, 0.29) is 11.4 Å². The zero-order valence-corrected chi connectivity index (χ0v) is 10.7. The van der Waals surface area contributed by atoms with Crippen LogP contribution < -0.4 is 5.46 Å². The van der Waals surface area contributed by atoms with Crippen LogP contribution in [0.3, 0.4) is 0 Å². The van der Waals surface area contributed by atoms with E-state index in [1.807, 2.05) is 0 Å². The van der Waals surface area contributed by atoms with E-state index in [0.29, 0.717) is 0 Å². The number of hydrogen-bond acceptors (Lipinski definition) is 2. The first-order valence-corrected chi connectivity index (χ1v) is 6.25. The fraction of sp³-hybridized carbons (Fsp3) is 0.267. The van der Waals surface area contributed by atoms with Crippen molar-refractivity contribution in [1.29, 1.82) is 0 Å². The lowest BCUT2D eigenvalue weighted by Gasteiger charge is -2.13. The van der Waals surface area contributed by atoms with Crippen molar-refractivity contribution in [2.75, 3.05) is 7.11 Å². The lowest BCUT2D eigenvalue weighted by Crippen LogP contribution is -2.21. The van der Waals surface area contributed by atoms with Gasteiger partial charge >= 0.3 is 5.97 Å². The third-order valence-corrected chi connectivity index (χ3v) is 3.87. The minimum atomic E-state index is -0.367. The summed E-state index contributed by atoms with van der Waals surface area (Å²) in [5, 5.41) is 2.41. The molecule has 0 atom stereocenters. The van der Waals surface area contributed by atoms with Crippen LogP contribution in [0.15, 0.2) is 36.4 Å². The molecule has 0 N–H and O–H groups in total. The molecule has 1 aliphatic carbocycles. The van der Waals surface area contributed by atoms with Crippen molar-refractivity contribution in [3.8, 4) is 0 Å². The normalized spacial score (nSPS) is 16.5. The predicted molar refractivity (Wildman–Crippen MR) is 75.1 cm³/mol. The zero-order valence-electron chi connectivity index (χ0n) is 10.7. The fourth-order valence-corrected chi connectivity index (χ4v) is 2.59. The van der Waals surface area contributed by atoms with Gasteiger partial charge in [-0.15, -0.1) is 0 Å². The molecular formula is C15H15BO2. The number of fused-ring (bicyclic) bond motifs is 1. The van der Waals surface area contributed by atoms with Gasteiger partial charge in [0.2, 0.25) is 0 Å². The van der Waals surface area contributed by atoms with Crippen LogP contribution in [0.25, 0.3) is 10.8 Å². The van der Waals surface area contributed by atoms with Gasteiger partial charge < -0.3 is 4.74 Å². The third-order valence-electron chi connectivity index (χ3n) is 3.87. The Morgan fingerprint density at radius 2 is 1.83 bits per heavy atom. The molecule has 3 rings (SSSR count). The molecule has 3 heteroatoms. The molecule has 2 nitrogen and oxygen atoms in total. The first-order valence-electron chi connectivity index (χ1n) is 6.25. The second-order valence-corrected chi connectivity index (χ2v) is 5.14. The van der Waals surface area contributed by atoms with Gasteiger partial charge in [-0.3, -0.25) is 4.79 Å². The summed E-state index contributed by atoms with van der Waals surface area (Å²) in [5.74, 6) is -0.103. The summed E-state index contributed by atoms with van der Waals surface area (Å²) in [5.41, 5.74) is 1.98. The molecule has 0 unspecified atom stereocenters. The van der Waals surface area contributed by atoms with Crippen LogP contribution in [-0.2, 0) is 14.9 Å². The standard InChI is InChI=1S/C15H15BO2/c1-18-14(17)15(6-7-15)12-4-2-11-9-13(16)5-3-10(11)8-12/h2-5,8-9H,6-7,16H2,1H3. The number of carbonyl (C=O) groups excluding carboxylic acids is 1. The number of benzene rings is 2. The highest BCUT2D eigenvalue weighted by molar-refractivity contribution is 6.33. The lowest BCUT2D eigenvalue weighted by molar-refractivity contribution is -0.143. The average Bonchev–Trinajstić information content (AvgIpc) is 3.18. The van der Waals surface area contributed by atoms with E-state index < -0.39 is 0 Å². The molecule has 18 heavy (non-hydrogen) atoms. The number of methoxy groups -OCH3 is 1. The van der Waals surface area contributed by atoms with E-state index in [1.165, 1.54) is 23.3 Å². The Morgan fingerprint density at radius 1 is 1.17 bits per heavy atom. The van der Waals surface area contributed by atoms with Crippen LogP contribution in [0.5, 0.6) is 0 Å². The second kappa shape index (κ2) is 3.87. The number of esters is 1. The minimum Gasteiger partial charge on any atom is -0.468 e. The molecule has 1 fully saturated rings. The molecule has 0 bridgehead atoms. The molecule has 0 spiro atoms. The molecular weight excluding hydrogens is 223 g/mol. The van der Waals surface area contributed by atoms with Gasteiger partial charge in [-0.1, -0.05) is 41.9 Å². The molecule has 0 heterocycles. The van der Waals surface area contributed by atoms with E-state index in [9.17, 15) is 4.79 Å². The van der Waals surface area contributed by atoms with Crippen LogP contribution in [0.4, 0.5) is 0 Å². The van der Waals surface area contributed by atoms with Crippen molar-refractivity contribution in [1.82, 2.24) is 0 Å². The topological polar surface area (TPSA) is 26.3 Å². The van der Waals surface area contributed by atoms with Crippen LogP contribution in [-0.4, -0.2) is 20.9 Å². The molecule has 0 aliphatic heterocycles. The molecule has 90 valence electrons. The Morgan fingerprint density at radius 3 is 2.50 bits per heavy atom. The first kappa shape index (κ1) is 11.3. The van der Waals surface area contributed by atoms with Gasteiger partial charge in [0.1, 0.15) is 7.85 Å². The summed E-state index contributed by atoms with van der Waals surface area (Å²) in [7, 11) is 3.55. The van der Waals surface area contributed by atoms with E-state index in [1.54, 1.807) is 0 Å². The molecule has 0 saturated heterocycles. The Bertz CT molecular complexity index is 629. The Labute approximate surface area is 107 Å². The quantitative estimate of drug-likeness (QED) is 0.582. The monoisotopic (exact) mass is 238 g/mol. The molecule has 0 radical (unpaired) electrons. The maximum absolute atomic E-state index is 11.9. The van der Waals surface area contributed by atoms with Crippen LogP contribution in [0.2, 0.25) is 0 Å². The van der Waals surface area contributed by atoms with Crippen LogP contribution in [0.1, 0.15) is 18.4 Å². The summed E-state index contributed by atoms with van der Waals surface area (Å²) < 4.78 is 4.92. The molecule has 2 aromatic rings. The highest BCUT2D eigenvalue weighted by Crippen LogP contribution is 2.49.